The van der Waals surface area contributed by atoms with Crippen LogP contribution in [0.2, 0.25) is 0 Å². The molecule has 10 heteroatoms. The van der Waals surface area contributed by atoms with E-state index in [-0.39, 0.29) is 12.1 Å². The fraction of sp³-hybridized carbons (Fsp3) is 0.457. The van der Waals surface area contributed by atoms with Crippen molar-refractivity contribution in [3.63, 3.8) is 0 Å². The second-order valence-electron chi connectivity index (χ2n) is 13.2. The molecule has 2 aromatic heterocycles. The number of methoxy groups -OCH3 is 1. The lowest BCUT2D eigenvalue weighted by Crippen LogP contribution is -2.57. The van der Waals surface area contributed by atoms with Gasteiger partial charge in [-0.05, 0) is 83.2 Å². The predicted octanol–water partition coefficient (Wildman–Crippen LogP) is 6.91. The van der Waals surface area contributed by atoms with Crippen molar-refractivity contribution >= 4 is 22.9 Å². The third kappa shape index (κ3) is 6.56. The summed E-state index contributed by atoms with van der Waals surface area (Å²) in [6, 6.07) is 16.5. The monoisotopic (exact) mass is 612 g/mol. The normalized spacial score (nSPS) is 21.1. The Labute approximate surface area is 265 Å². The third-order valence-corrected chi connectivity index (χ3v) is 8.95. The highest BCUT2D eigenvalue weighted by molar-refractivity contribution is 6.01. The zero-order chi connectivity index (χ0) is 31.7. The molecule has 1 saturated heterocycles. The van der Waals surface area contributed by atoms with Crippen LogP contribution in [-0.4, -0.2) is 74.9 Å². The number of hydrogen-bond donors (Lipinski definition) is 1. The fourth-order valence-electron chi connectivity index (χ4n) is 6.75. The van der Waals surface area contributed by atoms with Crippen molar-refractivity contribution in [1.29, 1.82) is 0 Å². The summed E-state index contributed by atoms with van der Waals surface area (Å²) in [5, 5.41) is 0.852. The molecule has 1 atom stereocenters. The largest absolute Gasteiger partial charge is 0.493 e. The number of aromatic nitrogens is 3. The summed E-state index contributed by atoms with van der Waals surface area (Å²) < 4.78 is 19.8. The molecule has 2 N–H and O–H groups in total. The van der Waals surface area contributed by atoms with Gasteiger partial charge in [0, 0.05) is 49.5 Å². The molecule has 6 rings (SSSR count). The van der Waals surface area contributed by atoms with Crippen LogP contribution in [0, 0.1) is 0 Å². The van der Waals surface area contributed by atoms with Gasteiger partial charge in [0.05, 0.1) is 12.5 Å². The molecule has 238 valence electrons. The van der Waals surface area contributed by atoms with Gasteiger partial charge in [0.25, 0.3) is 0 Å². The van der Waals surface area contributed by atoms with Crippen LogP contribution in [0.5, 0.6) is 17.2 Å². The van der Waals surface area contributed by atoms with Gasteiger partial charge in [-0.15, -0.1) is 0 Å². The number of fused-ring (bicyclic) bond motifs is 1. The first-order valence-electron chi connectivity index (χ1n) is 15.9. The van der Waals surface area contributed by atoms with Gasteiger partial charge in [-0.3, -0.25) is 4.90 Å². The molecule has 0 spiro atoms. The molecule has 1 unspecified atom stereocenters. The van der Waals surface area contributed by atoms with Gasteiger partial charge in [0.2, 0.25) is 0 Å². The summed E-state index contributed by atoms with van der Waals surface area (Å²) in [5.74, 6) is 2.48. The molecule has 1 amide bonds. The lowest BCUT2D eigenvalue weighted by Gasteiger charge is -2.45. The number of anilines is 1. The standard InChI is InChI=1S/C35H44N6O4/c1-23-20-39(17-18-40(23)34(42)45-35(2,3)4)25-12-14-26(15-13-25)41-21-28(31-32(36)37-22-38-33(31)41)24-11-16-29(30(19-24)43-5)44-27-9-7-6-8-10-27/h6-11,16,19,21-23,25-26H,12-15,17-18,20H2,1-5H3,(H2,36,37,38)/t23?,25-,26-. The Bertz CT molecular complexity index is 1640. The van der Waals surface area contributed by atoms with Crippen LogP contribution in [0.25, 0.3) is 22.2 Å². The molecule has 0 radical (unpaired) electrons. The van der Waals surface area contributed by atoms with Crippen LogP contribution in [0.4, 0.5) is 10.6 Å². The van der Waals surface area contributed by atoms with Crippen molar-refractivity contribution in [2.24, 2.45) is 0 Å². The summed E-state index contributed by atoms with van der Waals surface area (Å²) in [7, 11) is 1.65. The quantitative estimate of drug-likeness (QED) is 0.250. The number of benzene rings is 2. The number of piperazine rings is 1. The number of carbonyl (C=O) groups is 1. The molecule has 45 heavy (non-hydrogen) atoms. The minimum absolute atomic E-state index is 0.114. The van der Waals surface area contributed by atoms with E-state index in [1.54, 1.807) is 13.4 Å². The fourth-order valence-corrected chi connectivity index (χ4v) is 6.75. The summed E-state index contributed by atoms with van der Waals surface area (Å²) in [5.41, 5.74) is 8.77. The molecular weight excluding hydrogens is 568 g/mol. The molecule has 10 nitrogen and oxygen atoms in total. The first kappa shape index (κ1) is 30.7. The van der Waals surface area contributed by atoms with Crippen molar-refractivity contribution in [3.8, 4) is 28.4 Å². The maximum Gasteiger partial charge on any atom is 0.410 e. The minimum atomic E-state index is -0.489. The van der Waals surface area contributed by atoms with Crippen LogP contribution < -0.4 is 15.2 Å². The maximum absolute atomic E-state index is 12.7. The number of carbonyl (C=O) groups excluding carboxylic acids is 1. The van der Waals surface area contributed by atoms with Gasteiger partial charge in [-0.25, -0.2) is 14.8 Å². The van der Waals surface area contributed by atoms with Crippen molar-refractivity contribution < 1.29 is 19.0 Å². The van der Waals surface area contributed by atoms with E-state index in [9.17, 15) is 4.79 Å². The Kier molecular flexibility index (Phi) is 8.59. The highest BCUT2D eigenvalue weighted by Gasteiger charge is 2.35. The van der Waals surface area contributed by atoms with Crippen molar-refractivity contribution in [2.75, 3.05) is 32.5 Å². The van der Waals surface area contributed by atoms with E-state index in [2.05, 4.69) is 27.6 Å². The number of nitrogens with zero attached hydrogens (tertiary/aromatic N) is 5. The number of ether oxygens (including phenoxy) is 3. The Morgan fingerprint density at radius 1 is 0.956 bits per heavy atom. The highest BCUT2D eigenvalue weighted by Crippen LogP contribution is 2.42. The summed E-state index contributed by atoms with van der Waals surface area (Å²) >= 11 is 0. The molecule has 0 bridgehead atoms. The van der Waals surface area contributed by atoms with Crippen molar-refractivity contribution in [2.45, 2.75) is 77.1 Å². The minimum Gasteiger partial charge on any atom is -0.493 e. The van der Waals surface area contributed by atoms with E-state index >= 15 is 0 Å². The van der Waals surface area contributed by atoms with Crippen molar-refractivity contribution in [1.82, 2.24) is 24.3 Å². The maximum atomic E-state index is 12.7. The highest BCUT2D eigenvalue weighted by atomic mass is 16.6. The van der Waals surface area contributed by atoms with E-state index in [0.29, 0.717) is 35.9 Å². The molecule has 2 fully saturated rings. The van der Waals surface area contributed by atoms with E-state index in [4.69, 9.17) is 24.9 Å². The first-order valence-corrected chi connectivity index (χ1v) is 15.9. The van der Waals surface area contributed by atoms with Crippen LogP contribution >= 0.6 is 0 Å². The zero-order valence-corrected chi connectivity index (χ0v) is 26.9. The topological polar surface area (TPSA) is 108 Å². The molecule has 1 aliphatic heterocycles. The number of hydrogen-bond acceptors (Lipinski definition) is 8. The van der Waals surface area contributed by atoms with Crippen LogP contribution in [0.3, 0.4) is 0 Å². The van der Waals surface area contributed by atoms with Crippen molar-refractivity contribution in [3.05, 3.63) is 61.1 Å². The summed E-state index contributed by atoms with van der Waals surface area (Å²) in [6.07, 6.45) is 7.74. The van der Waals surface area contributed by atoms with E-state index in [1.165, 1.54) is 0 Å². The average Bonchev–Trinajstić information content (AvgIpc) is 3.42. The predicted molar refractivity (Wildman–Crippen MR) is 176 cm³/mol. The Hall–Kier alpha value is -4.31. The second kappa shape index (κ2) is 12.6. The Morgan fingerprint density at radius 2 is 1.69 bits per heavy atom. The summed E-state index contributed by atoms with van der Waals surface area (Å²) in [4.78, 5) is 26.2. The number of para-hydroxylation sites is 1. The van der Waals surface area contributed by atoms with Crippen LogP contribution in [0.15, 0.2) is 61.1 Å². The van der Waals surface area contributed by atoms with Gasteiger partial charge >= 0.3 is 6.09 Å². The number of nitrogen functional groups attached to an aromatic ring is 1. The molecule has 2 aliphatic rings. The second-order valence-corrected chi connectivity index (χ2v) is 13.2. The Morgan fingerprint density at radius 3 is 2.38 bits per heavy atom. The summed E-state index contributed by atoms with van der Waals surface area (Å²) in [6.45, 7) is 10.3. The van der Waals surface area contributed by atoms with E-state index < -0.39 is 5.60 Å². The average molecular weight is 613 g/mol. The van der Waals surface area contributed by atoms with Crippen LogP contribution in [-0.2, 0) is 4.74 Å². The lowest BCUT2D eigenvalue weighted by molar-refractivity contribution is -0.00810. The molecule has 2 aromatic carbocycles. The number of amides is 1. The van der Waals surface area contributed by atoms with E-state index in [1.807, 2.05) is 74.2 Å². The SMILES string of the molecule is COc1cc(-c2cn([C@H]3CC[C@H](N4CCN(C(=O)OC(C)(C)C)C(C)C4)CC3)c3ncnc(N)c23)ccc1Oc1ccccc1. The number of nitrogens with two attached hydrogens (primary N) is 1. The smallest absolute Gasteiger partial charge is 0.410 e. The molecule has 3 heterocycles. The molecule has 1 saturated carbocycles. The van der Waals surface area contributed by atoms with Gasteiger partial charge in [-0.1, -0.05) is 24.3 Å². The Balaban J connectivity index is 1.18. The molecule has 1 aliphatic carbocycles. The third-order valence-electron chi connectivity index (χ3n) is 8.95. The van der Waals surface area contributed by atoms with Gasteiger partial charge in [0.15, 0.2) is 11.5 Å². The molecule has 4 aromatic rings. The first-order chi connectivity index (χ1) is 21.6. The lowest BCUT2D eigenvalue weighted by atomic mass is 9.89. The number of rotatable bonds is 6. The van der Waals surface area contributed by atoms with Crippen LogP contribution in [0.1, 0.15) is 59.4 Å². The molecular formula is C35H44N6O4. The van der Waals surface area contributed by atoms with Gasteiger partial charge in [-0.2, -0.15) is 0 Å². The van der Waals surface area contributed by atoms with Gasteiger partial charge in [0.1, 0.15) is 29.1 Å². The van der Waals surface area contributed by atoms with Gasteiger partial charge < -0.3 is 29.4 Å². The zero-order valence-electron chi connectivity index (χ0n) is 26.9. The van der Waals surface area contributed by atoms with E-state index in [0.717, 1.165) is 66.7 Å².